The molecule has 0 saturated carbocycles. The van der Waals surface area contributed by atoms with Crippen molar-refractivity contribution in [3.8, 4) is 10.6 Å². The molecule has 0 atom stereocenters. The molecule has 6 heteroatoms. The SMILES string of the molecule is Nc1ccc(-c2nc3cc(C(F)(F)F)ccc3s2)cc1. The molecule has 0 amide bonds. The minimum Gasteiger partial charge on any atom is -0.399 e. The van der Waals surface area contributed by atoms with Gasteiger partial charge in [0.1, 0.15) is 5.01 Å². The molecule has 0 saturated heterocycles. The Morgan fingerprint density at radius 1 is 1.00 bits per heavy atom. The first-order valence-electron chi connectivity index (χ1n) is 5.77. The number of fused-ring (bicyclic) bond motifs is 1. The van der Waals surface area contributed by atoms with Crippen molar-refractivity contribution in [3.63, 3.8) is 0 Å². The Bertz CT molecular complexity index is 760. The average molecular weight is 294 g/mol. The van der Waals surface area contributed by atoms with Gasteiger partial charge in [0, 0.05) is 11.3 Å². The number of aromatic nitrogens is 1. The van der Waals surface area contributed by atoms with E-state index in [-0.39, 0.29) is 0 Å². The molecule has 3 aromatic rings. The summed E-state index contributed by atoms with van der Waals surface area (Å²) in [6.07, 6.45) is -4.35. The second-order valence-corrected chi connectivity index (χ2v) is 5.35. The van der Waals surface area contributed by atoms with Gasteiger partial charge in [0.2, 0.25) is 0 Å². The normalized spacial score (nSPS) is 11.9. The van der Waals surface area contributed by atoms with Crippen LogP contribution in [0.4, 0.5) is 18.9 Å². The van der Waals surface area contributed by atoms with E-state index >= 15 is 0 Å². The molecule has 0 bridgehead atoms. The minimum absolute atomic E-state index is 0.358. The Kier molecular flexibility index (Phi) is 2.90. The third kappa shape index (κ3) is 2.34. The quantitative estimate of drug-likeness (QED) is 0.668. The van der Waals surface area contributed by atoms with Crippen LogP contribution in [0.1, 0.15) is 5.56 Å². The maximum Gasteiger partial charge on any atom is 0.416 e. The lowest BCUT2D eigenvalue weighted by Gasteiger charge is -2.04. The summed E-state index contributed by atoms with van der Waals surface area (Å²) < 4.78 is 38.7. The van der Waals surface area contributed by atoms with Crippen molar-refractivity contribution >= 4 is 27.2 Å². The average Bonchev–Trinajstić information content (AvgIpc) is 2.81. The number of rotatable bonds is 1. The standard InChI is InChI=1S/C14H9F3N2S/c15-14(16,17)9-3-6-12-11(7-9)19-13(20-12)8-1-4-10(18)5-2-8/h1-7H,18H2. The van der Waals surface area contributed by atoms with Gasteiger partial charge in [0.15, 0.2) is 0 Å². The van der Waals surface area contributed by atoms with E-state index in [9.17, 15) is 13.2 Å². The second kappa shape index (κ2) is 4.49. The van der Waals surface area contributed by atoms with Crippen molar-refractivity contribution in [2.24, 2.45) is 0 Å². The third-order valence-electron chi connectivity index (χ3n) is 2.87. The number of hydrogen-bond acceptors (Lipinski definition) is 3. The monoisotopic (exact) mass is 294 g/mol. The van der Waals surface area contributed by atoms with Gasteiger partial charge in [-0.2, -0.15) is 13.2 Å². The largest absolute Gasteiger partial charge is 0.416 e. The summed E-state index contributed by atoms with van der Waals surface area (Å²) in [4.78, 5) is 4.26. The number of nitrogens with two attached hydrogens (primary N) is 1. The van der Waals surface area contributed by atoms with Crippen LogP contribution in [0, 0.1) is 0 Å². The summed E-state index contributed by atoms with van der Waals surface area (Å²) in [5.41, 5.74) is 6.76. The number of hydrogen-bond donors (Lipinski definition) is 1. The first-order chi connectivity index (χ1) is 9.43. The zero-order chi connectivity index (χ0) is 14.3. The summed E-state index contributed by atoms with van der Waals surface area (Å²) in [5, 5.41) is 0.680. The van der Waals surface area contributed by atoms with Gasteiger partial charge in [-0.15, -0.1) is 11.3 Å². The van der Waals surface area contributed by atoms with Crippen LogP contribution in [0.5, 0.6) is 0 Å². The molecule has 2 aromatic carbocycles. The summed E-state index contributed by atoms with van der Waals surface area (Å²) in [5.74, 6) is 0. The molecular formula is C14H9F3N2S. The summed E-state index contributed by atoms with van der Waals surface area (Å²) in [6, 6.07) is 10.7. The Morgan fingerprint density at radius 3 is 2.35 bits per heavy atom. The molecule has 0 fully saturated rings. The number of anilines is 1. The van der Waals surface area contributed by atoms with Gasteiger partial charge in [-0.1, -0.05) is 0 Å². The lowest BCUT2D eigenvalue weighted by Crippen LogP contribution is -2.03. The number of halogens is 3. The Labute approximate surface area is 116 Å². The summed E-state index contributed by atoms with van der Waals surface area (Å²) in [6.45, 7) is 0. The predicted octanol–water partition coefficient (Wildman–Crippen LogP) is 4.56. The lowest BCUT2D eigenvalue weighted by atomic mass is 10.2. The lowest BCUT2D eigenvalue weighted by molar-refractivity contribution is -0.137. The molecule has 3 rings (SSSR count). The highest BCUT2D eigenvalue weighted by molar-refractivity contribution is 7.21. The van der Waals surface area contributed by atoms with E-state index in [4.69, 9.17) is 5.73 Å². The van der Waals surface area contributed by atoms with Crippen LogP contribution < -0.4 is 5.73 Å². The van der Waals surface area contributed by atoms with E-state index in [1.54, 1.807) is 24.3 Å². The highest BCUT2D eigenvalue weighted by Crippen LogP contribution is 2.35. The topological polar surface area (TPSA) is 38.9 Å². The van der Waals surface area contributed by atoms with Gasteiger partial charge in [-0.25, -0.2) is 4.98 Å². The Morgan fingerprint density at radius 2 is 1.70 bits per heavy atom. The van der Waals surface area contributed by atoms with Gasteiger partial charge < -0.3 is 5.73 Å². The van der Waals surface area contributed by atoms with E-state index in [2.05, 4.69) is 4.98 Å². The summed E-state index contributed by atoms with van der Waals surface area (Å²) in [7, 11) is 0. The van der Waals surface area contributed by atoms with Gasteiger partial charge in [-0.05, 0) is 42.5 Å². The Hall–Kier alpha value is -2.08. The van der Waals surface area contributed by atoms with Crippen LogP contribution in [-0.4, -0.2) is 4.98 Å². The third-order valence-corrected chi connectivity index (χ3v) is 3.96. The molecule has 0 unspecified atom stereocenters. The van der Waals surface area contributed by atoms with E-state index in [1.807, 2.05) is 0 Å². The molecule has 2 N–H and O–H groups in total. The van der Waals surface area contributed by atoms with Crippen LogP contribution >= 0.6 is 11.3 Å². The molecule has 0 aliphatic carbocycles. The number of nitrogens with zero attached hydrogens (tertiary/aromatic N) is 1. The van der Waals surface area contributed by atoms with Crippen LogP contribution in [0.25, 0.3) is 20.8 Å². The first-order valence-corrected chi connectivity index (χ1v) is 6.59. The predicted molar refractivity (Wildman–Crippen MR) is 74.5 cm³/mol. The highest BCUT2D eigenvalue weighted by atomic mass is 32.1. The maximum atomic E-state index is 12.7. The minimum atomic E-state index is -4.35. The molecular weight excluding hydrogens is 285 g/mol. The molecule has 0 aliphatic rings. The van der Waals surface area contributed by atoms with Gasteiger partial charge in [0.05, 0.1) is 15.8 Å². The van der Waals surface area contributed by atoms with Gasteiger partial charge in [0.25, 0.3) is 0 Å². The van der Waals surface area contributed by atoms with E-state index in [1.165, 1.54) is 17.4 Å². The molecule has 102 valence electrons. The molecule has 0 spiro atoms. The van der Waals surface area contributed by atoms with Gasteiger partial charge >= 0.3 is 6.18 Å². The van der Waals surface area contributed by atoms with Crippen LogP contribution in [-0.2, 0) is 6.18 Å². The number of benzene rings is 2. The molecule has 1 heterocycles. The van der Waals surface area contributed by atoms with Gasteiger partial charge in [-0.3, -0.25) is 0 Å². The van der Waals surface area contributed by atoms with Crippen molar-refractivity contribution in [2.45, 2.75) is 6.18 Å². The van der Waals surface area contributed by atoms with Crippen LogP contribution in [0.3, 0.4) is 0 Å². The van der Waals surface area contributed by atoms with Crippen molar-refractivity contribution in [2.75, 3.05) is 5.73 Å². The fraction of sp³-hybridized carbons (Fsp3) is 0.0714. The zero-order valence-electron chi connectivity index (χ0n) is 10.1. The molecule has 0 aliphatic heterocycles. The van der Waals surface area contributed by atoms with Crippen LogP contribution in [0.2, 0.25) is 0 Å². The number of thiazole rings is 1. The first kappa shape index (κ1) is 12.9. The maximum absolute atomic E-state index is 12.7. The zero-order valence-corrected chi connectivity index (χ0v) is 10.9. The van der Waals surface area contributed by atoms with Crippen molar-refractivity contribution in [1.82, 2.24) is 4.98 Å². The number of alkyl halides is 3. The number of nitrogen functional groups attached to an aromatic ring is 1. The van der Waals surface area contributed by atoms with Crippen molar-refractivity contribution in [3.05, 3.63) is 48.0 Å². The fourth-order valence-corrected chi connectivity index (χ4v) is 2.80. The van der Waals surface area contributed by atoms with Crippen molar-refractivity contribution in [1.29, 1.82) is 0 Å². The highest BCUT2D eigenvalue weighted by Gasteiger charge is 2.30. The Balaban J connectivity index is 2.09. The van der Waals surface area contributed by atoms with Crippen molar-refractivity contribution < 1.29 is 13.2 Å². The molecule has 1 aromatic heterocycles. The summed E-state index contributed by atoms with van der Waals surface area (Å²) >= 11 is 1.36. The van der Waals surface area contributed by atoms with Crippen LogP contribution in [0.15, 0.2) is 42.5 Å². The smallest absolute Gasteiger partial charge is 0.399 e. The fourth-order valence-electron chi connectivity index (χ4n) is 1.85. The van der Waals surface area contributed by atoms with E-state index in [0.717, 1.165) is 22.4 Å². The molecule has 2 nitrogen and oxygen atoms in total. The molecule has 0 radical (unpaired) electrons. The van der Waals surface area contributed by atoms with E-state index in [0.29, 0.717) is 16.2 Å². The van der Waals surface area contributed by atoms with E-state index < -0.39 is 11.7 Å². The second-order valence-electron chi connectivity index (χ2n) is 4.32. The molecule has 20 heavy (non-hydrogen) atoms.